The highest BCUT2D eigenvalue weighted by atomic mass is 19.4. The molecule has 0 spiro atoms. The predicted octanol–water partition coefficient (Wildman–Crippen LogP) is 7.41. The molecule has 40 heavy (non-hydrogen) atoms. The van der Waals surface area contributed by atoms with Gasteiger partial charge in [0.1, 0.15) is 5.75 Å². The summed E-state index contributed by atoms with van der Waals surface area (Å²) in [6, 6.07) is 13.5. The lowest BCUT2D eigenvalue weighted by Gasteiger charge is -2.39. The van der Waals surface area contributed by atoms with Gasteiger partial charge in [-0.05, 0) is 124 Å². The first-order chi connectivity index (χ1) is 19.2. The zero-order valence-corrected chi connectivity index (χ0v) is 23.1. The summed E-state index contributed by atoms with van der Waals surface area (Å²) in [7, 11) is 1.67. The molecule has 1 N–H and O–H groups in total. The maximum absolute atomic E-state index is 12.8. The van der Waals surface area contributed by atoms with Crippen LogP contribution in [0.5, 0.6) is 5.75 Å². The number of piperidine rings is 1. The smallest absolute Gasteiger partial charge is 0.416 e. The van der Waals surface area contributed by atoms with E-state index in [9.17, 15) is 23.1 Å². The van der Waals surface area contributed by atoms with E-state index >= 15 is 0 Å². The van der Waals surface area contributed by atoms with Crippen LogP contribution in [0.15, 0.2) is 54.7 Å². The second-order valence-corrected chi connectivity index (χ2v) is 10.9. The van der Waals surface area contributed by atoms with Gasteiger partial charge in [-0.2, -0.15) is 13.2 Å². The molecule has 2 aromatic carbocycles. The third-order valence-electron chi connectivity index (χ3n) is 8.24. The number of fused-ring (bicyclic) bond motifs is 1. The molecule has 1 aliphatic rings. The van der Waals surface area contributed by atoms with Crippen molar-refractivity contribution in [2.45, 2.75) is 64.0 Å². The molecule has 1 aliphatic heterocycles. The van der Waals surface area contributed by atoms with Gasteiger partial charge in [-0.25, -0.2) is 0 Å². The number of halogens is 3. The second-order valence-electron chi connectivity index (χ2n) is 10.9. The lowest BCUT2D eigenvalue weighted by atomic mass is 9.79. The fraction of sp³-hybridized carbons (Fsp3) is 0.500. The van der Waals surface area contributed by atoms with Gasteiger partial charge in [-0.1, -0.05) is 12.1 Å². The van der Waals surface area contributed by atoms with Crippen LogP contribution in [0.2, 0.25) is 0 Å². The molecule has 2 heterocycles. The van der Waals surface area contributed by atoms with E-state index in [0.29, 0.717) is 18.3 Å². The minimum absolute atomic E-state index is 0.192. The number of aromatic nitrogens is 1. The van der Waals surface area contributed by atoms with Gasteiger partial charge in [0, 0.05) is 24.5 Å². The summed E-state index contributed by atoms with van der Waals surface area (Å²) in [6.45, 7) is 2.85. The number of nitrogens with zero attached hydrogens (tertiary/aromatic N) is 2. The second kappa shape index (κ2) is 14.0. The van der Waals surface area contributed by atoms with Crippen molar-refractivity contribution < 1.29 is 27.8 Å². The van der Waals surface area contributed by atoms with Crippen LogP contribution in [-0.4, -0.2) is 47.7 Å². The van der Waals surface area contributed by atoms with Gasteiger partial charge in [0.25, 0.3) is 0 Å². The quantitative estimate of drug-likeness (QED) is 0.222. The number of likely N-dealkylation sites (tertiary alicyclic amines) is 1. The molecule has 1 fully saturated rings. The van der Waals surface area contributed by atoms with Crippen molar-refractivity contribution in [1.29, 1.82) is 0 Å². The van der Waals surface area contributed by atoms with Crippen molar-refractivity contribution in [2.75, 3.05) is 26.7 Å². The van der Waals surface area contributed by atoms with Gasteiger partial charge < -0.3 is 14.7 Å². The van der Waals surface area contributed by atoms with E-state index in [2.05, 4.69) is 16.0 Å². The number of alkyl halides is 3. The third-order valence-corrected chi connectivity index (χ3v) is 8.24. The van der Waals surface area contributed by atoms with Crippen molar-refractivity contribution in [3.63, 3.8) is 0 Å². The Balaban J connectivity index is 1.26. The summed E-state index contributed by atoms with van der Waals surface area (Å²) in [5, 5.41) is 10.4. The predicted molar refractivity (Wildman–Crippen MR) is 151 cm³/mol. The van der Waals surface area contributed by atoms with E-state index in [4.69, 9.17) is 4.74 Å². The van der Waals surface area contributed by atoms with Crippen LogP contribution in [0.25, 0.3) is 10.9 Å². The molecule has 1 saturated heterocycles. The summed E-state index contributed by atoms with van der Waals surface area (Å²) in [6.07, 6.45) is 5.19. The topological polar surface area (TPSA) is 62.7 Å². The number of rotatable bonds is 13. The minimum atomic E-state index is -4.30. The van der Waals surface area contributed by atoms with Crippen LogP contribution in [0.4, 0.5) is 13.2 Å². The number of aryl methyl sites for hydroxylation is 2. The van der Waals surface area contributed by atoms with Crippen LogP contribution in [-0.2, 0) is 23.8 Å². The number of hydrogen-bond donors (Lipinski definition) is 1. The van der Waals surface area contributed by atoms with Gasteiger partial charge >= 0.3 is 12.1 Å². The highest BCUT2D eigenvalue weighted by Crippen LogP contribution is 2.33. The number of ether oxygens (including phenoxy) is 1. The molecule has 1 aromatic heterocycles. The Kier molecular flexibility index (Phi) is 10.4. The third kappa shape index (κ3) is 8.43. The molecule has 0 aliphatic carbocycles. The molecule has 0 radical (unpaired) electrons. The highest BCUT2D eigenvalue weighted by Gasteiger charge is 2.30. The Morgan fingerprint density at radius 3 is 2.55 bits per heavy atom. The number of benzene rings is 2. The zero-order valence-electron chi connectivity index (χ0n) is 23.1. The first kappa shape index (κ1) is 29.8. The molecule has 5 nitrogen and oxygen atoms in total. The zero-order chi connectivity index (χ0) is 28.5. The lowest BCUT2D eigenvalue weighted by Crippen LogP contribution is -2.41. The number of carboxylic acid groups (broad SMARTS) is 1. The fourth-order valence-electron chi connectivity index (χ4n) is 5.98. The Morgan fingerprint density at radius 1 is 1.02 bits per heavy atom. The molecule has 0 unspecified atom stereocenters. The molecule has 2 atom stereocenters. The number of carboxylic acids is 1. The molecular weight excluding hydrogens is 517 g/mol. The van der Waals surface area contributed by atoms with Gasteiger partial charge in [-0.3, -0.25) is 9.78 Å². The van der Waals surface area contributed by atoms with Gasteiger partial charge in [0.2, 0.25) is 0 Å². The lowest BCUT2D eigenvalue weighted by molar-refractivity contribution is -0.138. The highest BCUT2D eigenvalue weighted by molar-refractivity contribution is 5.83. The standard InChI is InChI=1S/C32H39F3N2O3/c1-40-28-13-14-30-29(21-28)25(16-18-36-30)7-4-6-24-17-20-37(22-26(24)10-15-31(38)39)19-3-2-5-23-8-11-27(12-9-23)32(33,34)35/h8-9,11-14,16,18,21,24,26H,2-7,10,15,17,19-20,22H2,1H3,(H,38,39)/t24-,26+/m1/s1. The number of pyridine rings is 1. The molecule has 0 amide bonds. The molecule has 0 saturated carbocycles. The average molecular weight is 557 g/mol. The number of unbranched alkanes of at least 4 members (excludes halogenated alkanes) is 1. The summed E-state index contributed by atoms with van der Waals surface area (Å²) >= 11 is 0. The summed E-state index contributed by atoms with van der Waals surface area (Å²) in [4.78, 5) is 18.3. The van der Waals surface area contributed by atoms with Gasteiger partial charge in [0.15, 0.2) is 0 Å². The first-order valence-corrected chi connectivity index (χ1v) is 14.2. The van der Waals surface area contributed by atoms with E-state index < -0.39 is 17.7 Å². The molecular formula is C32H39F3N2O3. The SMILES string of the molecule is COc1ccc2nccc(CCC[C@@H]3CCN(CCCCc4ccc(C(F)(F)F)cc4)C[C@@H]3CCC(=O)O)c2c1. The van der Waals surface area contributed by atoms with E-state index in [1.165, 1.54) is 5.56 Å². The van der Waals surface area contributed by atoms with Crippen molar-refractivity contribution in [3.05, 3.63) is 71.4 Å². The van der Waals surface area contributed by atoms with E-state index in [1.54, 1.807) is 19.2 Å². The van der Waals surface area contributed by atoms with Crippen molar-refractivity contribution in [3.8, 4) is 5.75 Å². The van der Waals surface area contributed by atoms with E-state index in [0.717, 1.165) is 98.9 Å². The molecule has 8 heteroatoms. The fourth-order valence-corrected chi connectivity index (χ4v) is 5.98. The van der Waals surface area contributed by atoms with Crippen LogP contribution in [0, 0.1) is 11.8 Å². The number of methoxy groups -OCH3 is 1. The largest absolute Gasteiger partial charge is 0.497 e. The van der Waals surface area contributed by atoms with Crippen molar-refractivity contribution in [1.82, 2.24) is 9.88 Å². The van der Waals surface area contributed by atoms with Crippen LogP contribution < -0.4 is 4.74 Å². The number of carbonyl (C=O) groups is 1. The molecule has 0 bridgehead atoms. The monoisotopic (exact) mass is 556 g/mol. The van der Waals surface area contributed by atoms with E-state index in [-0.39, 0.29) is 6.42 Å². The summed E-state index contributed by atoms with van der Waals surface area (Å²) in [5.74, 6) is 0.936. The molecule has 4 rings (SSSR count). The van der Waals surface area contributed by atoms with Crippen molar-refractivity contribution >= 4 is 16.9 Å². The van der Waals surface area contributed by atoms with Crippen LogP contribution in [0.1, 0.15) is 61.6 Å². The maximum Gasteiger partial charge on any atom is 0.416 e. The summed E-state index contributed by atoms with van der Waals surface area (Å²) in [5.41, 5.74) is 2.54. The first-order valence-electron chi connectivity index (χ1n) is 14.2. The molecule has 3 aromatic rings. The number of aliphatic carboxylic acids is 1. The van der Waals surface area contributed by atoms with Crippen molar-refractivity contribution in [2.24, 2.45) is 11.8 Å². The number of hydrogen-bond acceptors (Lipinski definition) is 4. The maximum atomic E-state index is 12.8. The Bertz CT molecular complexity index is 1250. The Morgan fingerprint density at radius 2 is 1.82 bits per heavy atom. The van der Waals surface area contributed by atoms with Gasteiger partial charge in [0.05, 0.1) is 18.2 Å². The summed E-state index contributed by atoms with van der Waals surface area (Å²) < 4.78 is 43.7. The van der Waals surface area contributed by atoms with Crippen LogP contribution >= 0.6 is 0 Å². The van der Waals surface area contributed by atoms with E-state index in [1.807, 2.05) is 24.4 Å². The normalized spacial score (nSPS) is 18.2. The Hall–Kier alpha value is -3.13. The van der Waals surface area contributed by atoms with Crippen LogP contribution in [0.3, 0.4) is 0 Å². The molecule has 216 valence electrons. The average Bonchev–Trinajstić information content (AvgIpc) is 2.94. The minimum Gasteiger partial charge on any atom is -0.497 e. The van der Waals surface area contributed by atoms with Gasteiger partial charge in [-0.15, -0.1) is 0 Å². The Labute approximate surface area is 234 Å².